The minimum Gasteiger partial charge on any atom is -0.455 e. The highest BCUT2D eigenvalue weighted by Crippen LogP contribution is 2.30. The second kappa shape index (κ2) is 5.67. The molecule has 2 nitrogen and oxygen atoms in total. The molecule has 23 heavy (non-hydrogen) atoms. The molecule has 0 aliphatic carbocycles. The Morgan fingerprint density at radius 1 is 0.783 bits per heavy atom. The smallest absolute Gasteiger partial charge is 0.200 e. The van der Waals surface area contributed by atoms with Gasteiger partial charge in [-0.3, -0.25) is 4.79 Å². The van der Waals surface area contributed by atoms with E-state index in [9.17, 15) is 4.79 Å². The summed E-state index contributed by atoms with van der Waals surface area (Å²) in [7, 11) is 0. The first-order chi connectivity index (χ1) is 11.3. The molecule has 3 heteroatoms. The lowest BCUT2D eigenvalue weighted by Crippen LogP contribution is -2.03. The zero-order valence-electron chi connectivity index (χ0n) is 12.3. The number of hydrogen-bond donors (Lipinski definition) is 0. The van der Waals surface area contributed by atoms with Crippen molar-refractivity contribution in [2.75, 3.05) is 0 Å². The summed E-state index contributed by atoms with van der Waals surface area (Å²) in [6.07, 6.45) is 0. The van der Waals surface area contributed by atoms with E-state index in [2.05, 4.69) is 15.9 Å². The van der Waals surface area contributed by atoms with Crippen molar-refractivity contribution in [2.45, 2.75) is 5.33 Å². The van der Waals surface area contributed by atoms with Crippen LogP contribution in [0.15, 0.2) is 75.9 Å². The fraction of sp³-hybridized carbons (Fsp3) is 0.0500. The van der Waals surface area contributed by atoms with Crippen LogP contribution in [-0.4, -0.2) is 0 Å². The average molecular weight is 365 g/mol. The van der Waals surface area contributed by atoms with E-state index in [4.69, 9.17) is 4.42 Å². The molecule has 1 heterocycles. The number of benzene rings is 3. The van der Waals surface area contributed by atoms with Crippen LogP contribution in [-0.2, 0) is 5.33 Å². The van der Waals surface area contributed by atoms with Crippen molar-refractivity contribution in [2.24, 2.45) is 0 Å². The lowest BCUT2D eigenvalue weighted by molar-refractivity contribution is 0.657. The van der Waals surface area contributed by atoms with E-state index in [0.29, 0.717) is 27.3 Å². The van der Waals surface area contributed by atoms with Crippen molar-refractivity contribution in [3.8, 4) is 11.1 Å². The minimum absolute atomic E-state index is 0.0156. The van der Waals surface area contributed by atoms with Crippen LogP contribution in [0.25, 0.3) is 33.1 Å². The Kier molecular flexibility index (Phi) is 3.50. The van der Waals surface area contributed by atoms with Gasteiger partial charge in [0.15, 0.2) is 0 Å². The molecule has 0 bridgehead atoms. The largest absolute Gasteiger partial charge is 0.455 e. The Morgan fingerprint density at radius 2 is 1.48 bits per heavy atom. The number of halogens is 1. The van der Waals surface area contributed by atoms with Gasteiger partial charge < -0.3 is 4.42 Å². The van der Waals surface area contributed by atoms with Gasteiger partial charge in [-0.1, -0.05) is 70.5 Å². The normalized spacial score (nSPS) is 11.2. The van der Waals surface area contributed by atoms with Gasteiger partial charge in [-0.05, 0) is 17.7 Å². The first-order valence-electron chi connectivity index (χ1n) is 7.38. The first-order valence-corrected chi connectivity index (χ1v) is 8.50. The molecule has 0 amide bonds. The average Bonchev–Trinajstić information content (AvgIpc) is 2.62. The van der Waals surface area contributed by atoms with E-state index in [1.54, 1.807) is 0 Å². The molecule has 4 aromatic rings. The second-order valence-corrected chi connectivity index (χ2v) is 5.97. The quantitative estimate of drug-likeness (QED) is 0.346. The third kappa shape index (κ3) is 2.28. The summed E-state index contributed by atoms with van der Waals surface area (Å²) < 4.78 is 6.20. The van der Waals surface area contributed by atoms with E-state index in [1.165, 1.54) is 0 Å². The van der Waals surface area contributed by atoms with Crippen molar-refractivity contribution in [1.82, 2.24) is 0 Å². The van der Waals surface area contributed by atoms with Crippen molar-refractivity contribution in [3.63, 3.8) is 0 Å². The lowest BCUT2D eigenvalue weighted by atomic mass is 10.0. The van der Waals surface area contributed by atoms with Crippen LogP contribution >= 0.6 is 15.9 Å². The van der Waals surface area contributed by atoms with Gasteiger partial charge >= 0.3 is 0 Å². The SMILES string of the molecule is O=c1c2cccc(CBr)c2oc2c(-c3ccccc3)cccc12. The van der Waals surface area contributed by atoms with Crippen LogP contribution in [0.4, 0.5) is 0 Å². The maximum absolute atomic E-state index is 12.9. The maximum atomic E-state index is 12.9. The van der Waals surface area contributed by atoms with Crippen LogP contribution in [0.5, 0.6) is 0 Å². The molecule has 0 fully saturated rings. The Hall–Kier alpha value is -2.39. The predicted octanol–water partition coefficient (Wildman–Crippen LogP) is 5.51. The molecule has 0 aliphatic heterocycles. The molecule has 0 radical (unpaired) electrons. The molecule has 1 aromatic heterocycles. The highest BCUT2D eigenvalue weighted by atomic mass is 79.9. The molecule has 0 unspecified atom stereocenters. The van der Waals surface area contributed by atoms with E-state index < -0.39 is 0 Å². The van der Waals surface area contributed by atoms with Crippen molar-refractivity contribution >= 4 is 37.9 Å². The standard InChI is InChI=1S/C20H13BrO2/c21-12-14-8-4-10-16-18(22)17-11-5-9-15(20(17)23-19(14)16)13-6-2-1-3-7-13/h1-11H,12H2. The predicted molar refractivity (Wildman–Crippen MR) is 98.1 cm³/mol. The molecular weight excluding hydrogens is 352 g/mol. The van der Waals surface area contributed by atoms with E-state index in [1.807, 2.05) is 66.7 Å². The third-order valence-electron chi connectivity index (χ3n) is 4.03. The summed E-state index contributed by atoms with van der Waals surface area (Å²) >= 11 is 3.47. The third-order valence-corrected chi connectivity index (χ3v) is 4.64. The zero-order chi connectivity index (χ0) is 15.8. The van der Waals surface area contributed by atoms with E-state index in [-0.39, 0.29) is 5.43 Å². The topological polar surface area (TPSA) is 30.2 Å². The van der Waals surface area contributed by atoms with Gasteiger partial charge in [0.05, 0.1) is 10.8 Å². The van der Waals surface area contributed by atoms with Crippen LogP contribution in [0.3, 0.4) is 0 Å². The lowest BCUT2D eigenvalue weighted by Gasteiger charge is -2.09. The maximum Gasteiger partial charge on any atom is 0.200 e. The molecule has 0 spiro atoms. The number of fused-ring (bicyclic) bond motifs is 2. The second-order valence-electron chi connectivity index (χ2n) is 5.41. The molecule has 0 saturated heterocycles. The molecule has 112 valence electrons. The number of para-hydroxylation sites is 2. The minimum atomic E-state index is 0.0156. The van der Waals surface area contributed by atoms with Gasteiger partial charge in [0.25, 0.3) is 0 Å². The molecule has 4 rings (SSSR count). The zero-order valence-corrected chi connectivity index (χ0v) is 13.8. The number of hydrogen-bond acceptors (Lipinski definition) is 2. The van der Waals surface area contributed by atoms with Crippen molar-refractivity contribution in [3.05, 3.63) is 82.5 Å². The van der Waals surface area contributed by atoms with Gasteiger partial charge in [-0.2, -0.15) is 0 Å². The molecule has 0 N–H and O–H groups in total. The summed E-state index contributed by atoms with van der Waals surface area (Å²) in [6.45, 7) is 0. The first kappa shape index (κ1) is 14.2. The van der Waals surface area contributed by atoms with Gasteiger partial charge in [-0.25, -0.2) is 0 Å². The fourth-order valence-electron chi connectivity index (χ4n) is 2.91. The van der Waals surface area contributed by atoms with Gasteiger partial charge in [-0.15, -0.1) is 0 Å². The van der Waals surface area contributed by atoms with Crippen LogP contribution in [0.2, 0.25) is 0 Å². The molecule has 0 aliphatic rings. The summed E-state index contributed by atoms with van der Waals surface area (Å²) in [5, 5.41) is 1.89. The Balaban J connectivity index is 2.18. The van der Waals surface area contributed by atoms with E-state index >= 15 is 0 Å². The monoisotopic (exact) mass is 364 g/mol. The molecule has 3 aromatic carbocycles. The van der Waals surface area contributed by atoms with Crippen molar-refractivity contribution < 1.29 is 4.42 Å². The fourth-order valence-corrected chi connectivity index (χ4v) is 3.35. The molecule has 0 atom stereocenters. The van der Waals surface area contributed by atoms with Gasteiger partial charge in [0, 0.05) is 16.5 Å². The number of rotatable bonds is 2. The van der Waals surface area contributed by atoms with E-state index in [0.717, 1.165) is 16.7 Å². The highest BCUT2D eigenvalue weighted by Gasteiger charge is 2.13. The summed E-state index contributed by atoms with van der Waals surface area (Å²) in [6, 6.07) is 21.4. The van der Waals surface area contributed by atoms with Gasteiger partial charge in [0.1, 0.15) is 11.2 Å². The summed E-state index contributed by atoms with van der Waals surface area (Å²) in [5.74, 6) is 0. The Labute approximate surface area is 141 Å². The van der Waals surface area contributed by atoms with Crippen LogP contribution in [0.1, 0.15) is 5.56 Å². The molecule has 0 saturated carbocycles. The van der Waals surface area contributed by atoms with Gasteiger partial charge in [0.2, 0.25) is 5.43 Å². The highest BCUT2D eigenvalue weighted by molar-refractivity contribution is 9.08. The Morgan fingerprint density at radius 3 is 2.22 bits per heavy atom. The van der Waals surface area contributed by atoms with Crippen LogP contribution in [0, 0.1) is 0 Å². The van der Waals surface area contributed by atoms with Crippen molar-refractivity contribution in [1.29, 1.82) is 0 Å². The van der Waals surface area contributed by atoms with Crippen LogP contribution < -0.4 is 5.43 Å². The summed E-state index contributed by atoms with van der Waals surface area (Å²) in [4.78, 5) is 12.9. The molecular formula is C20H13BrO2. The Bertz CT molecular complexity index is 1070. The number of alkyl halides is 1. The summed E-state index contributed by atoms with van der Waals surface area (Å²) in [5.41, 5.74) is 4.27.